The number of amides is 2. The third kappa shape index (κ3) is 5.58. The Morgan fingerprint density at radius 3 is 2.11 bits per heavy atom. The minimum absolute atomic E-state index is 0.0753. The van der Waals surface area contributed by atoms with Gasteiger partial charge in [0.15, 0.2) is 5.76 Å². The molecule has 5 nitrogen and oxygen atoms in total. The van der Waals surface area contributed by atoms with E-state index in [4.69, 9.17) is 4.42 Å². The number of nitrogens with one attached hydrogen (secondary N) is 2. The molecule has 2 amide bonds. The fraction of sp³-hybridized carbons (Fsp3) is 0.217. The molecule has 2 aromatic carbocycles. The van der Waals surface area contributed by atoms with Gasteiger partial charge in [-0.25, -0.2) is 0 Å². The predicted molar refractivity (Wildman–Crippen MR) is 110 cm³/mol. The Hall–Kier alpha value is -3.34. The maximum Gasteiger partial charge on any atom is 0.291 e. The molecule has 2 N–H and O–H groups in total. The Morgan fingerprint density at radius 2 is 1.50 bits per heavy atom. The molecule has 0 aliphatic rings. The van der Waals surface area contributed by atoms with Crippen LogP contribution in [-0.2, 0) is 17.6 Å². The molecule has 1 heterocycles. The quantitative estimate of drug-likeness (QED) is 0.577. The van der Waals surface area contributed by atoms with Crippen molar-refractivity contribution in [1.29, 1.82) is 0 Å². The lowest BCUT2D eigenvalue weighted by molar-refractivity contribution is -0.115. The third-order valence-electron chi connectivity index (χ3n) is 4.38. The van der Waals surface area contributed by atoms with E-state index in [0.29, 0.717) is 17.8 Å². The lowest BCUT2D eigenvalue weighted by Gasteiger charge is -2.08. The largest absolute Gasteiger partial charge is 0.459 e. The van der Waals surface area contributed by atoms with Gasteiger partial charge in [-0.3, -0.25) is 9.59 Å². The third-order valence-corrected chi connectivity index (χ3v) is 4.38. The number of hydrogen-bond acceptors (Lipinski definition) is 3. The first-order valence-electron chi connectivity index (χ1n) is 9.46. The van der Waals surface area contributed by atoms with Crippen LogP contribution in [0.1, 0.15) is 41.4 Å². The molecule has 0 aliphatic heterocycles. The second-order valence-corrected chi connectivity index (χ2v) is 6.65. The van der Waals surface area contributed by atoms with Crippen LogP contribution in [-0.4, -0.2) is 11.8 Å². The number of benzene rings is 2. The van der Waals surface area contributed by atoms with Crippen LogP contribution >= 0.6 is 0 Å². The summed E-state index contributed by atoms with van der Waals surface area (Å²) in [5, 5.41) is 5.62. The molecule has 3 aromatic rings. The van der Waals surface area contributed by atoms with Gasteiger partial charge in [0.2, 0.25) is 5.91 Å². The highest BCUT2D eigenvalue weighted by Gasteiger charge is 2.09. The number of aryl methyl sites for hydroxylation is 1. The van der Waals surface area contributed by atoms with E-state index in [2.05, 4.69) is 29.7 Å². The van der Waals surface area contributed by atoms with E-state index >= 15 is 0 Å². The van der Waals surface area contributed by atoms with Gasteiger partial charge in [0, 0.05) is 11.4 Å². The summed E-state index contributed by atoms with van der Waals surface area (Å²) in [6.07, 6.45) is 5.20. The molecular formula is C23H24N2O3. The average Bonchev–Trinajstić information content (AvgIpc) is 3.24. The van der Waals surface area contributed by atoms with Gasteiger partial charge in [-0.05, 0) is 60.4 Å². The zero-order valence-electron chi connectivity index (χ0n) is 15.9. The summed E-state index contributed by atoms with van der Waals surface area (Å²) in [6.45, 7) is 2.18. The number of anilines is 2. The number of carbonyl (C=O) groups excluding carboxylic acids is 2. The van der Waals surface area contributed by atoms with Crippen molar-refractivity contribution in [3.63, 3.8) is 0 Å². The Labute approximate surface area is 164 Å². The summed E-state index contributed by atoms with van der Waals surface area (Å²) in [5.74, 6) is -0.143. The second kappa shape index (κ2) is 9.55. The standard InChI is InChI=1S/C23H24N2O3/c1-2-3-5-17-7-9-18(10-8-17)16-22(26)24-19-11-13-20(14-12-19)25-23(27)21-6-4-15-28-21/h4,6-15H,2-3,5,16H2,1H3,(H,24,26)(H,25,27). The van der Waals surface area contributed by atoms with E-state index in [-0.39, 0.29) is 17.6 Å². The molecule has 1 aromatic heterocycles. The minimum Gasteiger partial charge on any atom is -0.459 e. The molecule has 0 atom stereocenters. The lowest BCUT2D eigenvalue weighted by atomic mass is 10.0. The van der Waals surface area contributed by atoms with E-state index in [9.17, 15) is 9.59 Å². The van der Waals surface area contributed by atoms with Crippen molar-refractivity contribution in [3.05, 3.63) is 83.8 Å². The van der Waals surface area contributed by atoms with Crippen molar-refractivity contribution in [2.24, 2.45) is 0 Å². The van der Waals surface area contributed by atoms with Gasteiger partial charge >= 0.3 is 0 Å². The molecule has 144 valence electrons. The van der Waals surface area contributed by atoms with Gasteiger partial charge in [0.1, 0.15) is 0 Å². The maximum absolute atomic E-state index is 12.3. The van der Waals surface area contributed by atoms with E-state index < -0.39 is 0 Å². The molecule has 0 unspecified atom stereocenters. The van der Waals surface area contributed by atoms with Crippen molar-refractivity contribution >= 4 is 23.2 Å². The lowest BCUT2D eigenvalue weighted by Crippen LogP contribution is -2.14. The molecule has 28 heavy (non-hydrogen) atoms. The fourth-order valence-corrected chi connectivity index (χ4v) is 2.83. The highest BCUT2D eigenvalue weighted by atomic mass is 16.3. The summed E-state index contributed by atoms with van der Waals surface area (Å²) in [6, 6.07) is 18.4. The van der Waals surface area contributed by atoms with Gasteiger partial charge in [0.25, 0.3) is 5.91 Å². The van der Waals surface area contributed by atoms with Crippen LogP contribution in [0.2, 0.25) is 0 Å². The zero-order valence-corrected chi connectivity index (χ0v) is 15.9. The highest BCUT2D eigenvalue weighted by Crippen LogP contribution is 2.16. The molecule has 0 aliphatic carbocycles. The number of unbranched alkanes of at least 4 members (excludes halogenated alkanes) is 1. The topological polar surface area (TPSA) is 71.3 Å². The van der Waals surface area contributed by atoms with Gasteiger partial charge in [-0.2, -0.15) is 0 Å². The second-order valence-electron chi connectivity index (χ2n) is 6.65. The van der Waals surface area contributed by atoms with Crippen molar-refractivity contribution in [2.45, 2.75) is 32.6 Å². The predicted octanol–water partition coefficient (Wildman–Crippen LogP) is 5.06. The van der Waals surface area contributed by atoms with Crippen LogP contribution in [0.15, 0.2) is 71.3 Å². The fourth-order valence-electron chi connectivity index (χ4n) is 2.83. The normalized spacial score (nSPS) is 10.5. The molecule has 0 fully saturated rings. The van der Waals surface area contributed by atoms with Crippen LogP contribution in [0, 0.1) is 0 Å². The van der Waals surface area contributed by atoms with Gasteiger partial charge < -0.3 is 15.1 Å². The number of furan rings is 1. The highest BCUT2D eigenvalue weighted by molar-refractivity contribution is 6.02. The van der Waals surface area contributed by atoms with Crippen LogP contribution in [0.5, 0.6) is 0 Å². The Balaban J connectivity index is 1.50. The van der Waals surface area contributed by atoms with Crippen LogP contribution in [0.25, 0.3) is 0 Å². The van der Waals surface area contributed by atoms with Gasteiger partial charge in [-0.1, -0.05) is 37.6 Å². The number of rotatable bonds is 8. The maximum atomic E-state index is 12.3. The SMILES string of the molecule is CCCCc1ccc(CC(=O)Nc2ccc(NC(=O)c3ccco3)cc2)cc1. The van der Waals surface area contributed by atoms with Crippen LogP contribution < -0.4 is 10.6 Å². The molecule has 0 saturated carbocycles. The van der Waals surface area contributed by atoms with Crippen LogP contribution in [0.3, 0.4) is 0 Å². The smallest absolute Gasteiger partial charge is 0.291 e. The van der Waals surface area contributed by atoms with E-state index in [0.717, 1.165) is 12.0 Å². The summed E-state index contributed by atoms with van der Waals surface area (Å²) in [4.78, 5) is 24.2. The average molecular weight is 376 g/mol. The van der Waals surface area contributed by atoms with Gasteiger partial charge in [0.05, 0.1) is 12.7 Å². The van der Waals surface area contributed by atoms with Crippen molar-refractivity contribution in [1.82, 2.24) is 0 Å². The summed E-state index contributed by atoms with van der Waals surface area (Å²) in [5.41, 5.74) is 3.60. The number of carbonyl (C=O) groups is 2. The molecule has 0 saturated heterocycles. The molecular weight excluding hydrogens is 352 g/mol. The van der Waals surface area contributed by atoms with Crippen molar-refractivity contribution in [2.75, 3.05) is 10.6 Å². The number of hydrogen-bond donors (Lipinski definition) is 2. The molecule has 0 bridgehead atoms. The zero-order chi connectivity index (χ0) is 19.8. The Bertz CT molecular complexity index is 898. The first-order valence-corrected chi connectivity index (χ1v) is 9.46. The summed E-state index contributed by atoms with van der Waals surface area (Å²) < 4.78 is 5.06. The molecule has 3 rings (SSSR count). The Morgan fingerprint density at radius 1 is 0.857 bits per heavy atom. The van der Waals surface area contributed by atoms with E-state index in [1.807, 2.05) is 12.1 Å². The Kier molecular flexibility index (Phi) is 6.63. The van der Waals surface area contributed by atoms with Gasteiger partial charge in [-0.15, -0.1) is 0 Å². The summed E-state index contributed by atoms with van der Waals surface area (Å²) in [7, 11) is 0. The summed E-state index contributed by atoms with van der Waals surface area (Å²) >= 11 is 0. The van der Waals surface area contributed by atoms with Crippen LogP contribution in [0.4, 0.5) is 11.4 Å². The minimum atomic E-state index is -0.316. The first-order chi connectivity index (χ1) is 13.6. The van der Waals surface area contributed by atoms with E-state index in [1.54, 1.807) is 36.4 Å². The molecule has 0 spiro atoms. The van der Waals surface area contributed by atoms with Crippen molar-refractivity contribution in [3.8, 4) is 0 Å². The van der Waals surface area contributed by atoms with Crippen molar-refractivity contribution < 1.29 is 14.0 Å². The first kappa shape index (κ1) is 19.4. The molecule has 0 radical (unpaired) electrons. The van der Waals surface area contributed by atoms with E-state index in [1.165, 1.54) is 24.7 Å². The monoisotopic (exact) mass is 376 g/mol. The molecule has 5 heteroatoms.